The molecule has 0 saturated carbocycles. The summed E-state index contributed by atoms with van der Waals surface area (Å²) in [7, 11) is 0. The largest absolute Gasteiger partial charge is 0.355 e. The molecular weight excluding hydrogens is 182 g/mol. The number of azide groups is 1. The molecule has 0 aliphatic carbocycles. The second kappa shape index (κ2) is 5.40. The normalized spacial score (nSPS) is 9.43. The summed E-state index contributed by atoms with van der Waals surface area (Å²) in [4.78, 5) is 17.2. The highest BCUT2D eigenvalue weighted by molar-refractivity contribution is 5.86. The Morgan fingerprint density at radius 2 is 2.14 bits per heavy atom. The number of nitrogens with zero attached hydrogens (tertiary/aromatic N) is 3. The first-order valence-electron chi connectivity index (χ1n) is 3.81. The van der Waals surface area contributed by atoms with Crippen molar-refractivity contribution in [3.05, 3.63) is 52.4 Å². The molecule has 0 saturated heterocycles. The molecule has 0 aromatic heterocycles. The van der Waals surface area contributed by atoms with Gasteiger partial charge in [0.05, 0.1) is 0 Å². The van der Waals surface area contributed by atoms with Crippen molar-refractivity contribution in [3.8, 4) is 0 Å². The van der Waals surface area contributed by atoms with Crippen molar-refractivity contribution in [1.29, 1.82) is 0 Å². The molecule has 0 amide bonds. The van der Waals surface area contributed by atoms with E-state index < -0.39 is 5.97 Å². The van der Waals surface area contributed by atoms with Crippen molar-refractivity contribution in [3.63, 3.8) is 0 Å². The molecule has 0 spiro atoms. The van der Waals surface area contributed by atoms with Crippen LogP contribution in [-0.4, -0.2) is 5.97 Å². The van der Waals surface area contributed by atoms with Crippen LogP contribution in [0.15, 0.2) is 41.7 Å². The monoisotopic (exact) mass is 189 g/mol. The first-order valence-corrected chi connectivity index (χ1v) is 3.81. The molecule has 0 heterocycles. The molecule has 0 fully saturated rings. The predicted octanol–water partition coefficient (Wildman–Crippen LogP) is 2.47. The molecule has 0 atom stereocenters. The van der Waals surface area contributed by atoms with Crippen molar-refractivity contribution < 1.29 is 9.63 Å². The fourth-order valence-corrected chi connectivity index (χ4v) is 0.817. The molecule has 0 aliphatic rings. The second-order valence-corrected chi connectivity index (χ2v) is 2.33. The quantitative estimate of drug-likeness (QED) is 0.241. The highest BCUT2D eigenvalue weighted by Crippen LogP contribution is 2.00. The van der Waals surface area contributed by atoms with Gasteiger partial charge in [0, 0.05) is 11.0 Å². The second-order valence-electron chi connectivity index (χ2n) is 2.33. The van der Waals surface area contributed by atoms with Crippen LogP contribution >= 0.6 is 0 Å². The molecule has 70 valence electrons. The van der Waals surface area contributed by atoms with E-state index in [1.165, 1.54) is 6.08 Å². The summed E-state index contributed by atoms with van der Waals surface area (Å²) >= 11 is 0. The van der Waals surface area contributed by atoms with Gasteiger partial charge in [0.1, 0.15) is 5.28 Å². The van der Waals surface area contributed by atoms with E-state index >= 15 is 0 Å². The van der Waals surface area contributed by atoms with Gasteiger partial charge in [-0.25, -0.2) is 4.79 Å². The zero-order chi connectivity index (χ0) is 10.2. The van der Waals surface area contributed by atoms with E-state index in [-0.39, 0.29) is 0 Å². The standard InChI is InChI=1S/C9H7N3O2/c10-11-12-14-9(13)7-6-8-4-2-1-3-5-8/h1-7H. The zero-order valence-electron chi connectivity index (χ0n) is 7.20. The minimum absolute atomic E-state index is 0.702. The minimum atomic E-state index is -0.702. The van der Waals surface area contributed by atoms with E-state index in [1.54, 1.807) is 6.08 Å². The van der Waals surface area contributed by atoms with Gasteiger partial charge in [-0.3, -0.25) is 0 Å². The van der Waals surface area contributed by atoms with E-state index in [0.717, 1.165) is 5.56 Å². The molecule has 0 radical (unpaired) electrons. The minimum Gasteiger partial charge on any atom is -0.355 e. The van der Waals surface area contributed by atoms with Gasteiger partial charge >= 0.3 is 5.97 Å². The van der Waals surface area contributed by atoms with Gasteiger partial charge in [-0.15, -0.1) is 0 Å². The highest BCUT2D eigenvalue weighted by Gasteiger charge is 1.92. The van der Waals surface area contributed by atoms with Crippen LogP contribution in [0.3, 0.4) is 0 Å². The number of hydrogen-bond acceptors (Lipinski definition) is 3. The molecule has 0 aliphatic heterocycles. The molecule has 14 heavy (non-hydrogen) atoms. The van der Waals surface area contributed by atoms with Crippen molar-refractivity contribution in [1.82, 2.24) is 0 Å². The Kier molecular flexibility index (Phi) is 3.79. The van der Waals surface area contributed by atoms with E-state index in [1.807, 2.05) is 30.3 Å². The number of carbonyl (C=O) groups is 1. The molecular formula is C9H7N3O2. The van der Waals surface area contributed by atoms with Gasteiger partial charge in [0.15, 0.2) is 0 Å². The Morgan fingerprint density at radius 1 is 1.43 bits per heavy atom. The first kappa shape index (κ1) is 9.83. The maximum Gasteiger partial charge on any atom is 0.342 e. The lowest BCUT2D eigenvalue weighted by Gasteiger charge is -1.90. The Bertz CT molecular complexity index is 380. The van der Waals surface area contributed by atoms with Gasteiger partial charge in [0.25, 0.3) is 0 Å². The third-order valence-corrected chi connectivity index (χ3v) is 1.38. The van der Waals surface area contributed by atoms with Gasteiger partial charge in [-0.2, -0.15) is 0 Å². The summed E-state index contributed by atoms with van der Waals surface area (Å²) in [6.07, 6.45) is 2.75. The van der Waals surface area contributed by atoms with Crippen LogP contribution in [0.5, 0.6) is 0 Å². The predicted molar refractivity (Wildman–Crippen MR) is 50.7 cm³/mol. The smallest absolute Gasteiger partial charge is 0.342 e. The number of rotatable bonds is 3. The van der Waals surface area contributed by atoms with E-state index in [4.69, 9.17) is 5.53 Å². The lowest BCUT2D eigenvalue weighted by atomic mass is 10.2. The van der Waals surface area contributed by atoms with Crippen LogP contribution in [0.25, 0.3) is 16.5 Å². The average molecular weight is 189 g/mol. The summed E-state index contributed by atoms with van der Waals surface area (Å²) < 4.78 is 0. The SMILES string of the molecule is [N-]=[N+]=NOC(=O)C=Cc1ccccc1. The summed E-state index contributed by atoms with van der Waals surface area (Å²) in [6, 6.07) is 9.22. The molecule has 0 unspecified atom stereocenters. The number of carbonyl (C=O) groups excluding carboxylic acids is 1. The van der Waals surface area contributed by atoms with Crippen LogP contribution in [0.2, 0.25) is 0 Å². The Morgan fingerprint density at radius 3 is 2.79 bits per heavy atom. The van der Waals surface area contributed by atoms with E-state index in [0.29, 0.717) is 0 Å². The highest BCUT2D eigenvalue weighted by atomic mass is 16.7. The van der Waals surface area contributed by atoms with Crippen molar-refractivity contribution >= 4 is 12.0 Å². The molecule has 0 bridgehead atoms. The van der Waals surface area contributed by atoms with Crippen LogP contribution in [0, 0.1) is 0 Å². The van der Waals surface area contributed by atoms with Crippen molar-refractivity contribution in [2.75, 3.05) is 0 Å². The fraction of sp³-hybridized carbons (Fsp3) is 0. The third kappa shape index (κ3) is 3.42. The summed E-state index contributed by atoms with van der Waals surface area (Å²) in [5, 5.41) is 2.66. The van der Waals surface area contributed by atoms with Crippen LogP contribution in [0.1, 0.15) is 5.56 Å². The molecule has 5 heteroatoms. The Labute approximate surface area is 80.2 Å². The molecule has 1 aromatic rings. The van der Waals surface area contributed by atoms with Crippen LogP contribution < -0.4 is 0 Å². The molecule has 1 rings (SSSR count). The Balaban J connectivity index is 2.56. The first-order chi connectivity index (χ1) is 6.83. The summed E-state index contributed by atoms with van der Waals surface area (Å²) in [5.41, 5.74) is 8.72. The van der Waals surface area contributed by atoms with Gasteiger partial charge in [-0.05, 0) is 17.2 Å². The van der Waals surface area contributed by atoms with Gasteiger partial charge in [-0.1, -0.05) is 30.3 Å². The van der Waals surface area contributed by atoms with E-state index in [2.05, 4.69) is 15.0 Å². The van der Waals surface area contributed by atoms with Crippen LogP contribution in [-0.2, 0) is 9.63 Å². The van der Waals surface area contributed by atoms with Crippen molar-refractivity contribution in [2.45, 2.75) is 0 Å². The lowest BCUT2D eigenvalue weighted by molar-refractivity contribution is -0.137. The number of hydrogen-bond donors (Lipinski definition) is 0. The number of benzene rings is 1. The Hall–Kier alpha value is -2.26. The maximum absolute atomic E-state index is 10.8. The topological polar surface area (TPSA) is 75.1 Å². The van der Waals surface area contributed by atoms with Crippen molar-refractivity contribution in [2.24, 2.45) is 5.28 Å². The average Bonchev–Trinajstić information content (AvgIpc) is 2.25. The third-order valence-electron chi connectivity index (χ3n) is 1.38. The van der Waals surface area contributed by atoms with Gasteiger partial charge < -0.3 is 4.84 Å². The molecule has 1 aromatic carbocycles. The van der Waals surface area contributed by atoms with Crippen LogP contribution in [0.4, 0.5) is 0 Å². The molecule has 5 nitrogen and oxygen atoms in total. The van der Waals surface area contributed by atoms with Gasteiger partial charge in [0.2, 0.25) is 0 Å². The lowest BCUT2D eigenvalue weighted by Crippen LogP contribution is -1.91. The fourth-order valence-electron chi connectivity index (χ4n) is 0.817. The maximum atomic E-state index is 10.8. The zero-order valence-corrected chi connectivity index (χ0v) is 7.20. The van der Waals surface area contributed by atoms with E-state index in [9.17, 15) is 4.79 Å². The summed E-state index contributed by atoms with van der Waals surface area (Å²) in [5.74, 6) is -0.702. The molecule has 0 N–H and O–H groups in total. The summed E-state index contributed by atoms with van der Waals surface area (Å²) in [6.45, 7) is 0.